The van der Waals surface area contributed by atoms with Crippen molar-refractivity contribution in [1.82, 2.24) is 10.3 Å². The molecule has 2 N–H and O–H groups in total. The first-order chi connectivity index (χ1) is 13.0. The van der Waals surface area contributed by atoms with Crippen LogP contribution in [0.15, 0.2) is 70.5 Å². The number of benzene rings is 2. The van der Waals surface area contributed by atoms with Crippen molar-refractivity contribution in [2.45, 2.75) is 12.5 Å². The molecule has 2 heterocycles. The van der Waals surface area contributed by atoms with Gasteiger partial charge in [0.05, 0.1) is 6.54 Å². The number of thiazole rings is 1. The van der Waals surface area contributed by atoms with Gasteiger partial charge in [0.15, 0.2) is 0 Å². The van der Waals surface area contributed by atoms with Crippen molar-refractivity contribution >= 4 is 28.2 Å². The summed E-state index contributed by atoms with van der Waals surface area (Å²) in [7, 11) is 0. The largest absolute Gasteiger partial charge is 0.458 e. The Bertz CT molecular complexity index is 1050. The monoisotopic (exact) mass is 378 g/mol. The molecule has 0 spiro atoms. The second-order valence-corrected chi connectivity index (χ2v) is 7.37. The number of fused-ring (bicyclic) bond motifs is 1. The minimum Gasteiger partial charge on any atom is -0.458 e. The first-order valence-electron chi connectivity index (χ1n) is 8.53. The van der Waals surface area contributed by atoms with Crippen molar-refractivity contribution in [2.24, 2.45) is 0 Å². The topological polar surface area (TPSA) is 75.4 Å². The number of nitrogens with zero attached hydrogens (tertiary/aromatic N) is 1. The second-order valence-electron chi connectivity index (χ2n) is 6.51. The highest BCUT2D eigenvalue weighted by Gasteiger charge is 2.28. The zero-order valence-corrected chi connectivity index (χ0v) is 15.5. The van der Waals surface area contributed by atoms with Crippen LogP contribution in [0.2, 0.25) is 0 Å². The van der Waals surface area contributed by atoms with Gasteiger partial charge in [0.2, 0.25) is 0 Å². The first-order valence-corrected chi connectivity index (χ1v) is 9.41. The van der Waals surface area contributed by atoms with Gasteiger partial charge in [-0.3, -0.25) is 4.79 Å². The summed E-state index contributed by atoms with van der Waals surface area (Å²) in [6.07, 6.45) is 0. The number of carbonyl (C=O) groups is 1. The lowest BCUT2D eigenvalue weighted by Crippen LogP contribution is -2.38. The molecule has 0 saturated carbocycles. The lowest BCUT2D eigenvalue weighted by molar-refractivity contribution is 0.0344. The highest BCUT2D eigenvalue weighted by atomic mass is 32.1. The average molecular weight is 378 g/mol. The maximum atomic E-state index is 12.4. The van der Waals surface area contributed by atoms with E-state index in [9.17, 15) is 9.90 Å². The van der Waals surface area contributed by atoms with Crippen LogP contribution in [0.4, 0.5) is 0 Å². The van der Waals surface area contributed by atoms with E-state index in [0.29, 0.717) is 17.0 Å². The SMILES string of the molecule is CC(O)(CNC(=O)c1csc(-c2ccccc2)n1)c1cc2ccccc2o1. The molecule has 0 fully saturated rings. The van der Waals surface area contributed by atoms with E-state index in [0.717, 1.165) is 16.0 Å². The Kier molecular flexibility index (Phi) is 4.51. The van der Waals surface area contributed by atoms with Gasteiger partial charge in [-0.05, 0) is 19.1 Å². The molecule has 4 aromatic rings. The number of para-hydroxylation sites is 1. The molecule has 0 bridgehead atoms. The number of rotatable bonds is 5. The minimum absolute atomic E-state index is 0.0177. The fourth-order valence-corrected chi connectivity index (χ4v) is 3.57. The van der Waals surface area contributed by atoms with Gasteiger partial charge in [0.1, 0.15) is 27.6 Å². The van der Waals surface area contributed by atoms with E-state index in [1.807, 2.05) is 54.6 Å². The van der Waals surface area contributed by atoms with E-state index in [1.54, 1.807) is 18.4 Å². The van der Waals surface area contributed by atoms with Crippen molar-refractivity contribution in [3.63, 3.8) is 0 Å². The molecule has 0 saturated heterocycles. The van der Waals surface area contributed by atoms with E-state index in [4.69, 9.17) is 4.42 Å². The van der Waals surface area contributed by atoms with Crippen LogP contribution in [0.25, 0.3) is 21.5 Å². The molecule has 2 aromatic carbocycles. The first kappa shape index (κ1) is 17.5. The van der Waals surface area contributed by atoms with Crippen molar-refractivity contribution in [1.29, 1.82) is 0 Å². The lowest BCUT2D eigenvalue weighted by Gasteiger charge is -2.20. The molecule has 5 nitrogen and oxygen atoms in total. The van der Waals surface area contributed by atoms with Crippen molar-refractivity contribution in [2.75, 3.05) is 6.54 Å². The van der Waals surface area contributed by atoms with E-state index < -0.39 is 5.60 Å². The van der Waals surface area contributed by atoms with E-state index in [1.165, 1.54) is 11.3 Å². The molecule has 136 valence electrons. The summed E-state index contributed by atoms with van der Waals surface area (Å²) in [6, 6.07) is 19.0. The van der Waals surface area contributed by atoms with E-state index in [2.05, 4.69) is 10.3 Å². The molecule has 6 heteroatoms. The Hall–Kier alpha value is -2.96. The zero-order valence-electron chi connectivity index (χ0n) is 14.7. The molecule has 0 aliphatic rings. The third-order valence-electron chi connectivity index (χ3n) is 4.31. The van der Waals surface area contributed by atoms with Gasteiger partial charge in [-0.1, -0.05) is 48.5 Å². The van der Waals surface area contributed by atoms with E-state index in [-0.39, 0.29) is 12.5 Å². The quantitative estimate of drug-likeness (QED) is 0.546. The van der Waals surface area contributed by atoms with E-state index >= 15 is 0 Å². The van der Waals surface area contributed by atoms with Crippen molar-refractivity contribution in [3.05, 3.63) is 77.5 Å². The summed E-state index contributed by atoms with van der Waals surface area (Å²) < 4.78 is 5.72. The molecule has 4 rings (SSSR count). The summed E-state index contributed by atoms with van der Waals surface area (Å²) in [5, 5.41) is 16.9. The Balaban J connectivity index is 1.46. The zero-order chi connectivity index (χ0) is 18.9. The van der Waals surface area contributed by atoms with Crippen molar-refractivity contribution < 1.29 is 14.3 Å². The van der Waals surface area contributed by atoms with Crippen LogP contribution in [0, 0.1) is 0 Å². The van der Waals surface area contributed by atoms with Gasteiger partial charge in [0, 0.05) is 16.3 Å². The highest BCUT2D eigenvalue weighted by Crippen LogP contribution is 2.28. The molecular formula is C21H18N2O3S. The maximum Gasteiger partial charge on any atom is 0.270 e. The molecule has 0 radical (unpaired) electrons. The molecule has 1 amide bonds. The van der Waals surface area contributed by atoms with Gasteiger partial charge in [0.25, 0.3) is 5.91 Å². The van der Waals surface area contributed by atoms with Crippen LogP contribution in [0.3, 0.4) is 0 Å². The Morgan fingerprint density at radius 3 is 2.70 bits per heavy atom. The number of furan rings is 1. The van der Waals surface area contributed by atoms with Gasteiger partial charge in [-0.15, -0.1) is 11.3 Å². The van der Waals surface area contributed by atoms with Gasteiger partial charge >= 0.3 is 0 Å². The summed E-state index contributed by atoms with van der Waals surface area (Å²) >= 11 is 1.41. The molecule has 2 aromatic heterocycles. The van der Waals surface area contributed by atoms with Gasteiger partial charge in [-0.25, -0.2) is 4.98 Å². The fourth-order valence-electron chi connectivity index (χ4n) is 2.77. The predicted molar refractivity (Wildman–Crippen MR) is 106 cm³/mol. The smallest absolute Gasteiger partial charge is 0.270 e. The normalized spacial score (nSPS) is 13.4. The van der Waals surface area contributed by atoms with Crippen LogP contribution in [-0.4, -0.2) is 22.5 Å². The summed E-state index contributed by atoms with van der Waals surface area (Å²) in [4.78, 5) is 16.8. The Morgan fingerprint density at radius 1 is 1.19 bits per heavy atom. The molecule has 27 heavy (non-hydrogen) atoms. The molecule has 0 aliphatic carbocycles. The number of aliphatic hydroxyl groups is 1. The predicted octanol–water partition coefficient (Wildman–Crippen LogP) is 4.19. The lowest BCUT2D eigenvalue weighted by atomic mass is 10.0. The van der Waals surface area contributed by atoms with Crippen molar-refractivity contribution in [3.8, 4) is 10.6 Å². The number of hydrogen-bond donors (Lipinski definition) is 2. The third-order valence-corrected chi connectivity index (χ3v) is 5.20. The van der Waals surface area contributed by atoms with Gasteiger partial charge < -0.3 is 14.8 Å². The summed E-state index contributed by atoms with van der Waals surface area (Å²) in [5.74, 6) is 0.0806. The van der Waals surface area contributed by atoms with Crippen LogP contribution < -0.4 is 5.32 Å². The molecule has 1 unspecified atom stereocenters. The molecule has 0 aliphatic heterocycles. The average Bonchev–Trinajstić information content (AvgIpc) is 3.34. The van der Waals surface area contributed by atoms with Crippen LogP contribution >= 0.6 is 11.3 Å². The number of carbonyl (C=O) groups excluding carboxylic acids is 1. The maximum absolute atomic E-state index is 12.4. The summed E-state index contributed by atoms with van der Waals surface area (Å²) in [6.45, 7) is 1.63. The Labute approximate surface area is 160 Å². The van der Waals surface area contributed by atoms with Gasteiger partial charge in [-0.2, -0.15) is 0 Å². The number of hydrogen-bond acceptors (Lipinski definition) is 5. The second kappa shape index (κ2) is 6.98. The number of nitrogens with one attached hydrogen (secondary N) is 1. The minimum atomic E-state index is -1.33. The number of amides is 1. The third kappa shape index (κ3) is 3.63. The van der Waals surface area contributed by atoms with Crippen LogP contribution in [-0.2, 0) is 5.60 Å². The van der Waals surface area contributed by atoms with Crippen LogP contribution in [0.1, 0.15) is 23.2 Å². The summed E-state index contributed by atoms with van der Waals surface area (Å²) in [5.41, 5.74) is 0.675. The Morgan fingerprint density at radius 2 is 1.93 bits per heavy atom. The fraction of sp³-hybridized carbons (Fsp3) is 0.143. The standard InChI is InChI=1S/C21H18N2O3S/c1-21(25,18-11-15-9-5-6-10-17(15)26-18)13-22-19(24)16-12-27-20(23-16)14-7-3-2-4-8-14/h2-12,25H,13H2,1H3,(H,22,24). The molecular weight excluding hydrogens is 360 g/mol. The van der Waals surface area contributed by atoms with Crippen LogP contribution in [0.5, 0.6) is 0 Å². The highest BCUT2D eigenvalue weighted by molar-refractivity contribution is 7.13. The number of aromatic nitrogens is 1. The molecule has 1 atom stereocenters.